The average Bonchev–Trinajstić information content (AvgIpc) is 1.67. The number of furan rings is 2. The molecule has 1 aliphatic rings. The van der Waals surface area contributed by atoms with Crippen molar-refractivity contribution in [3.63, 3.8) is 0 Å². The Morgan fingerprint density at radius 2 is 0.541 bits per heavy atom. The summed E-state index contributed by atoms with van der Waals surface area (Å²) in [7, 11) is 0. The summed E-state index contributed by atoms with van der Waals surface area (Å²) in [4.78, 5) is 4.88. The Kier molecular flexibility index (Phi) is 11.1. The van der Waals surface area contributed by atoms with Crippen molar-refractivity contribution in [2.24, 2.45) is 0 Å². The molecule has 0 saturated heterocycles. The summed E-state index contributed by atoms with van der Waals surface area (Å²) < 4.78 is 14.6. The summed E-state index contributed by atoms with van der Waals surface area (Å²) in [5.74, 6) is 0. The van der Waals surface area contributed by atoms with E-state index in [-0.39, 0.29) is 0 Å². The first-order valence-corrected chi connectivity index (χ1v) is 29.2. The van der Waals surface area contributed by atoms with Crippen LogP contribution in [0.4, 0.5) is 34.1 Å². The Labute approximate surface area is 492 Å². The van der Waals surface area contributed by atoms with Crippen LogP contribution in [0.5, 0.6) is 0 Å². The lowest BCUT2D eigenvalue weighted by molar-refractivity contribution is 0.670. The normalized spacial score (nSPS) is 12.6. The topological polar surface area (TPSA) is 32.8 Å². The molecule has 2 aromatic heterocycles. The number of nitrogens with zero attached hydrogens (tertiary/aromatic N) is 2. The number of para-hydroxylation sites is 6. The fourth-order valence-electron chi connectivity index (χ4n) is 14.1. The maximum atomic E-state index is 7.30. The van der Waals surface area contributed by atoms with Gasteiger partial charge in [0, 0.05) is 54.8 Å². The Morgan fingerprint density at radius 1 is 0.235 bits per heavy atom. The van der Waals surface area contributed by atoms with Crippen LogP contribution in [0, 0.1) is 0 Å². The number of rotatable bonds is 10. The van der Waals surface area contributed by atoms with Crippen molar-refractivity contribution in [1.29, 1.82) is 0 Å². The van der Waals surface area contributed by atoms with Gasteiger partial charge in [0.05, 0.1) is 28.2 Å². The van der Waals surface area contributed by atoms with Crippen molar-refractivity contribution in [2.45, 2.75) is 5.41 Å². The molecule has 0 bridgehead atoms. The zero-order valence-corrected chi connectivity index (χ0v) is 46.2. The number of benzene rings is 14. The van der Waals surface area contributed by atoms with Crippen LogP contribution < -0.4 is 9.80 Å². The molecular formula is C81H52N2O2. The highest BCUT2D eigenvalue weighted by Gasteiger charge is 2.49. The van der Waals surface area contributed by atoms with Gasteiger partial charge in [-0.15, -0.1) is 0 Å². The molecule has 1 aliphatic carbocycles. The van der Waals surface area contributed by atoms with E-state index < -0.39 is 5.41 Å². The summed E-state index contributed by atoms with van der Waals surface area (Å²) >= 11 is 0. The van der Waals surface area contributed by atoms with Gasteiger partial charge in [-0.05, 0) is 104 Å². The molecule has 0 radical (unpaired) electrons. The van der Waals surface area contributed by atoms with Gasteiger partial charge >= 0.3 is 0 Å². The average molecular weight is 1090 g/mol. The molecule has 2 heterocycles. The van der Waals surface area contributed by atoms with E-state index in [0.29, 0.717) is 0 Å². The molecule has 0 atom stereocenters. The van der Waals surface area contributed by atoms with Crippen LogP contribution >= 0.6 is 0 Å². The van der Waals surface area contributed by atoms with Gasteiger partial charge in [-0.1, -0.05) is 267 Å². The summed E-state index contributed by atoms with van der Waals surface area (Å²) in [6.45, 7) is 0. The number of anilines is 6. The third kappa shape index (κ3) is 7.35. The smallest absolute Gasteiger partial charge is 0.159 e. The van der Waals surface area contributed by atoms with Crippen LogP contribution in [0.2, 0.25) is 0 Å². The number of fused-ring (bicyclic) bond motifs is 13. The van der Waals surface area contributed by atoms with Crippen molar-refractivity contribution in [2.75, 3.05) is 9.80 Å². The minimum absolute atomic E-state index is 0.822. The highest BCUT2D eigenvalue weighted by Crippen LogP contribution is 2.63. The fraction of sp³-hybridized carbons (Fsp3) is 0.0123. The van der Waals surface area contributed by atoms with Crippen molar-refractivity contribution in [3.05, 3.63) is 338 Å². The van der Waals surface area contributed by atoms with Crippen LogP contribution in [-0.4, -0.2) is 0 Å². The van der Waals surface area contributed by atoms with Gasteiger partial charge in [0.25, 0.3) is 0 Å². The summed E-state index contributed by atoms with van der Waals surface area (Å²) in [6, 6.07) is 115. The van der Waals surface area contributed by atoms with E-state index in [4.69, 9.17) is 8.83 Å². The molecule has 4 nitrogen and oxygen atoms in total. The molecule has 0 N–H and O–H groups in total. The quantitative estimate of drug-likeness (QED) is 0.137. The molecule has 17 rings (SSSR count). The molecule has 0 amide bonds. The van der Waals surface area contributed by atoms with Gasteiger partial charge < -0.3 is 18.6 Å². The Balaban J connectivity index is 0.984. The van der Waals surface area contributed by atoms with Crippen LogP contribution in [-0.2, 0) is 5.41 Å². The molecule has 4 heteroatoms. The van der Waals surface area contributed by atoms with Gasteiger partial charge in [-0.2, -0.15) is 0 Å². The Hall–Kier alpha value is -11.2. The van der Waals surface area contributed by atoms with Crippen LogP contribution in [0.3, 0.4) is 0 Å². The van der Waals surface area contributed by atoms with Crippen molar-refractivity contribution in [3.8, 4) is 33.4 Å². The fourth-order valence-corrected chi connectivity index (χ4v) is 14.1. The lowest BCUT2D eigenvalue weighted by atomic mass is 9.67. The Bertz CT molecular complexity index is 4900. The molecule has 85 heavy (non-hydrogen) atoms. The first kappa shape index (κ1) is 48.5. The molecule has 398 valence electrons. The first-order chi connectivity index (χ1) is 42.2. The minimum Gasteiger partial charge on any atom is -0.453 e. The monoisotopic (exact) mass is 1080 g/mol. The zero-order chi connectivity index (χ0) is 56.0. The van der Waals surface area contributed by atoms with Crippen molar-refractivity contribution in [1.82, 2.24) is 0 Å². The standard InChI is InChI=1S/C81H52N2O2/c1-7-27-53(28-8-1)59-43-23-45-65-67-47-25-49-71(79(67)84-77(59)65)82(57-35-15-5-16-36-57)73-51-69-75(63-41-21-19-39-61(63)73)76-64-42-22-20-40-62(64)74(52-70(76)81(69,55-31-11-3-12-32-55)56-33-13-4-14-34-56)83(58-37-17-6-18-38-58)72-50-26-48-68-66-46-24-44-60(78(66)85-80(68)72)54-29-9-2-10-30-54/h1-52H. The van der Waals surface area contributed by atoms with E-state index >= 15 is 0 Å². The molecular weight excluding hydrogens is 1030 g/mol. The SMILES string of the molecule is c1ccc(-c2cccc3c2oc2c(N(c4ccccc4)c4cc5c(c6ccccc46)-c4c(cc(N(c6ccccc6)c6cccc7c6oc6c(-c8ccccc8)cccc67)c6ccccc46)C5(c4ccccc4)c4ccccc4)cccc23)cc1. The Morgan fingerprint density at radius 3 is 0.929 bits per heavy atom. The molecule has 16 aromatic rings. The third-order valence-electron chi connectivity index (χ3n) is 17.7. The molecule has 0 aliphatic heterocycles. The van der Waals surface area contributed by atoms with Gasteiger partial charge in [0.2, 0.25) is 0 Å². The second-order valence-corrected chi connectivity index (χ2v) is 22.2. The predicted molar refractivity (Wildman–Crippen MR) is 354 cm³/mol. The molecule has 14 aromatic carbocycles. The van der Waals surface area contributed by atoms with E-state index in [1.54, 1.807) is 0 Å². The lowest BCUT2D eigenvalue weighted by Gasteiger charge is -2.36. The van der Waals surface area contributed by atoms with Gasteiger partial charge in [0.15, 0.2) is 11.2 Å². The van der Waals surface area contributed by atoms with E-state index in [1.165, 1.54) is 33.4 Å². The zero-order valence-electron chi connectivity index (χ0n) is 46.2. The van der Waals surface area contributed by atoms with Crippen LogP contribution in [0.25, 0.3) is 98.8 Å². The van der Waals surface area contributed by atoms with Crippen molar-refractivity contribution >= 4 is 99.5 Å². The van der Waals surface area contributed by atoms with E-state index in [1.807, 2.05) is 0 Å². The summed E-state index contributed by atoms with van der Waals surface area (Å²) in [5, 5.41) is 8.84. The van der Waals surface area contributed by atoms with E-state index in [2.05, 4.69) is 325 Å². The highest BCUT2D eigenvalue weighted by molar-refractivity contribution is 6.21. The second kappa shape index (κ2) is 19.5. The van der Waals surface area contributed by atoms with E-state index in [9.17, 15) is 0 Å². The molecule has 0 spiro atoms. The lowest BCUT2D eigenvalue weighted by Crippen LogP contribution is -2.29. The predicted octanol–water partition coefficient (Wildman–Crippen LogP) is 22.4. The molecule has 0 fully saturated rings. The van der Waals surface area contributed by atoms with E-state index in [0.717, 1.165) is 122 Å². The van der Waals surface area contributed by atoms with Gasteiger partial charge in [-0.3, -0.25) is 0 Å². The van der Waals surface area contributed by atoms with Crippen molar-refractivity contribution < 1.29 is 8.83 Å². The largest absolute Gasteiger partial charge is 0.453 e. The summed E-state index contributed by atoms with van der Waals surface area (Å²) in [5.41, 5.74) is 20.1. The maximum absolute atomic E-state index is 7.30. The van der Waals surface area contributed by atoms with Gasteiger partial charge in [-0.25, -0.2) is 0 Å². The number of hydrogen-bond donors (Lipinski definition) is 0. The molecule has 0 saturated carbocycles. The second-order valence-electron chi connectivity index (χ2n) is 22.2. The summed E-state index contributed by atoms with van der Waals surface area (Å²) in [6.07, 6.45) is 0. The molecule has 0 unspecified atom stereocenters. The van der Waals surface area contributed by atoms with Crippen LogP contribution in [0.15, 0.2) is 324 Å². The first-order valence-electron chi connectivity index (χ1n) is 29.2. The maximum Gasteiger partial charge on any atom is 0.159 e. The number of hydrogen-bond acceptors (Lipinski definition) is 4. The highest BCUT2D eigenvalue weighted by atomic mass is 16.3. The van der Waals surface area contributed by atoms with Crippen LogP contribution in [0.1, 0.15) is 22.3 Å². The third-order valence-corrected chi connectivity index (χ3v) is 17.7. The minimum atomic E-state index is -0.846. The van der Waals surface area contributed by atoms with Gasteiger partial charge in [0.1, 0.15) is 11.2 Å².